The first kappa shape index (κ1) is 14.2. The number of hydrogen-bond acceptors (Lipinski definition) is 2. The van der Waals surface area contributed by atoms with Crippen LogP contribution in [0.15, 0.2) is 22.7 Å². The molecule has 1 atom stereocenters. The van der Waals surface area contributed by atoms with E-state index in [1.165, 1.54) is 12.1 Å². The molecule has 2 N–H and O–H groups in total. The molecule has 8 heteroatoms. The van der Waals surface area contributed by atoms with Crippen molar-refractivity contribution in [1.29, 1.82) is 5.41 Å². The van der Waals surface area contributed by atoms with Crippen LogP contribution < -0.4 is 5.09 Å². The number of alkyl halides is 3. The van der Waals surface area contributed by atoms with E-state index in [9.17, 15) is 13.2 Å². The summed E-state index contributed by atoms with van der Waals surface area (Å²) >= 11 is 5.10. The maximum Gasteiger partial charge on any atom is 0.433 e. The Morgan fingerprint density at radius 2 is 2.06 bits per heavy atom. The van der Waals surface area contributed by atoms with Crippen LogP contribution in [0.4, 0.5) is 18.9 Å². The molecule has 2 nitrogen and oxygen atoms in total. The van der Waals surface area contributed by atoms with Crippen LogP contribution in [0, 0.1) is 5.41 Å². The number of anilines is 1. The van der Waals surface area contributed by atoms with Crippen LogP contribution in [0.2, 0.25) is 0 Å². The molecule has 1 unspecified atom stereocenters. The minimum Gasteiger partial charge on any atom is -0.358 e. The normalized spacial score (nSPS) is 12.1. The van der Waals surface area contributed by atoms with Crippen molar-refractivity contribution < 1.29 is 13.2 Å². The average molecular weight is 425 g/mol. The highest BCUT2D eigenvalue weighted by atomic mass is 127. The Bertz CT molecular complexity index is 411. The van der Waals surface area contributed by atoms with Crippen LogP contribution in [-0.2, 0) is 0 Å². The lowest BCUT2D eigenvalue weighted by atomic mass is 10.1. The molecule has 0 aliphatic rings. The maximum atomic E-state index is 12.4. The summed E-state index contributed by atoms with van der Waals surface area (Å²) in [6, 6.07) is 4.44. The molecule has 0 bridgehead atoms. The number of benzene rings is 1. The maximum absolute atomic E-state index is 12.4. The van der Waals surface area contributed by atoms with Gasteiger partial charge in [-0.25, -0.2) is 0 Å². The molecule has 88 valence electrons. The third kappa shape index (κ3) is 3.56. The molecule has 1 aromatic carbocycles. The van der Waals surface area contributed by atoms with E-state index in [4.69, 9.17) is 5.41 Å². The number of rotatable bonds is 3. The molecule has 0 aliphatic carbocycles. The summed E-state index contributed by atoms with van der Waals surface area (Å²) in [7, 11) is 0. The van der Waals surface area contributed by atoms with Gasteiger partial charge in [0, 0.05) is 22.1 Å². The number of halogens is 5. The van der Waals surface area contributed by atoms with Gasteiger partial charge < -0.3 is 5.09 Å². The highest BCUT2D eigenvalue weighted by Crippen LogP contribution is 2.32. The van der Waals surface area contributed by atoms with Gasteiger partial charge >= 0.3 is 6.18 Å². The van der Waals surface area contributed by atoms with E-state index in [1.54, 1.807) is 6.07 Å². The van der Waals surface area contributed by atoms with Gasteiger partial charge in [-0.3, -0.25) is 5.41 Å². The Morgan fingerprint density at radius 3 is 2.56 bits per heavy atom. The van der Waals surface area contributed by atoms with Gasteiger partial charge in [0.15, 0.2) is 0 Å². The fourth-order valence-corrected chi connectivity index (χ4v) is 2.59. The molecule has 0 aromatic heterocycles. The van der Waals surface area contributed by atoms with E-state index < -0.39 is 11.9 Å². The van der Waals surface area contributed by atoms with Gasteiger partial charge in [-0.1, -0.05) is 15.9 Å². The molecule has 1 rings (SSSR count). The Labute approximate surface area is 113 Å². The summed E-state index contributed by atoms with van der Waals surface area (Å²) in [6.45, 7) is 0. The minimum absolute atomic E-state index is 0.147. The fourth-order valence-electron chi connectivity index (χ4n) is 1.04. The molecule has 0 aliphatic heterocycles. The Kier molecular flexibility index (Phi) is 5.00. The zero-order valence-corrected chi connectivity index (χ0v) is 12.4. The second-order valence-corrected chi connectivity index (χ2v) is 5.75. The molecule has 0 saturated heterocycles. The van der Waals surface area contributed by atoms with E-state index in [-0.39, 0.29) is 11.9 Å². The topological polar surface area (TPSA) is 35.9 Å². The second-order valence-electron chi connectivity index (χ2n) is 2.78. The predicted octanol–water partition coefficient (Wildman–Crippen LogP) is 4.73. The van der Waals surface area contributed by atoms with Crippen molar-refractivity contribution in [1.82, 2.24) is 0 Å². The Morgan fingerprint density at radius 1 is 1.44 bits per heavy atom. The van der Waals surface area contributed by atoms with Crippen LogP contribution in [0.5, 0.6) is 0 Å². The molecule has 0 radical (unpaired) electrons. The molecule has 0 amide bonds. The smallest absolute Gasteiger partial charge is 0.358 e. The van der Waals surface area contributed by atoms with Gasteiger partial charge in [0.2, 0.25) is 0 Å². The third-order valence-corrected chi connectivity index (χ3v) is 3.38. The lowest BCUT2D eigenvalue weighted by Gasteiger charge is -2.13. The SMILES string of the molecule is N=C(c1cc(Br)ccc1NPI)C(F)(F)F. The summed E-state index contributed by atoms with van der Waals surface area (Å²) in [5.74, 6) is 0. The summed E-state index contributed by atoms with van der Waals surface area (Å²) in [5, 5.41) is 9.92. The molecule has 16 heavy (non-hydrogen) atoms. The van der Waals surface area contributed by atoms with Crippen LogP contribution in [0.1, 0.15) is 5.56 Å². The van der Waals surface area contributed by atoms with E-state index in [0.717, 1.165) is 0 Å². The average Bonchev–Trinajstić information content (AvgIpc) is 2.18. The fraction of sp³-hybridized carbons (Fsp3) is 0.125. The molecule has 0 saturated carbocycles. The summed E-state index contributed by atoms with van der Waals surface area (Å²) in [6.07, 6.45) is -4.39. The van der Waals surface area contributed by atoms with Crippen molar-refractivity contribution in [3.63, 3.8) is 0 Å². The Hall–Kier alpha value is 0.120. The van der Waals surface area contributed by atoms with Crippen molar-refractivity contribution in [2.45, 2.75) is 6.18 Å². The van der Waals surface area contributed by atoms with Gasteiger partial charge in [0.05, 0.1) is 0 Å². The minimum atomic E-state index is -4.63. The third-order valence-electron chi connectivity index (χ3n) is 1.72. The molecule has 0 spiro atoms. The molecule has 0 heterocycles. The first-order chi connectivity index (χ1) is 7.36. The monoisotopic (exact) mass is 424 g/mol. The summed E-state index contributed by atoms with van der Waals surface area (Å²) < 4.78 is 37.8. The van der Waals surface area contributed by atoms with Crippen LogP contribution in [0.25, 0.3) is 0 Å². The number of hydrogen-bond donors (Lipinski definition) is 2. The quantitative estimate of drug-likeness (QED) is 0.410. The first-order valence-electron chi connectivity index (χ1n) is 3.93. The van der Waals surface area contributed by atoms with Crippen molar-refractivity contribution in [3.8, 4) is 0 Å². The van der Waals surface area contributed by atoms with Crippen molar-refractivity contribution in [2.24, 2.45) is 0 Å². The molecular formula is C8H6BrF3IN2P. The van der Waals surface area contributed by atoms with Gasteiger partial charge in [-0.05, 0) is 40.2 Å². The van der Waals surface area contributed by atoms with Crippen LogP contribution in [-0.4, -0.2) is 11.9 Å². The van der Waals surface area contributed by atoms with Crippen LogP contribution >= 0.6 is 44.3 Å². The van der Waals surface area contributed by atoms with E-state index in [0.29, 0.717) is 10.2 Å². The highest BCUT2D eigenvalue weighted by Gasteiger charge is 2.36. The first-order valence-corrected chi connectivity index (χ1v) is 8.84. The Balaban J connectivity index is 3.19. The largest absolute Gasteiger partial charge is 0.433 e. The standard InChI is InChI=1S/C8H6BrF3IN2P/c9-4-1-2-6(15-16-13)5(3-4)7(14)8(10,11)12/h1-3,14-16H. The lowest BCUT2D eigenvalue weighted by molar-refractivity contribution is -0.0587. The van der Waals surface area contributed by atoms with E-state index >= 15 is 0 Å². The number of nitrogens with one attached hydrogen (secondary N) is 2. The van der Waals surface area contributed by atoms with Crippen LogP contribution in [0.3, 0.4) is 0 Å². The highest BCUT2D eigenvalue weighted by molar-refractivity contribution is 14.2. The molecular weight excluding hydrogens is 419 g/mol. The summed E-state index contributed by atoms with van der Waals surface area (Å²) in [5.41, 5.74) is -1.17. The van der Waals surface area contributed by atoms with Gasteiger partial charge in [-0.15, -0.1) is 0 Å². The van der Waals surface area contributed by atoms with Gasteiger partial charge in [0.25, 0.3) is 0 Å². The van der Waals surface area contributed by atoms with E-state index in [2.05, 4.69) is 21.0 Å². The zero-order chi connectivity index (χ0) is 12.3. The lowest BCUT2D eigenvalue weighted by Crippen LogP contribution is -2.23. The van der Waals surface area contributed by atoms with Crippen molar-refractivity contribution >= 4 is 55.7 Å². The summed E-state index contributed by atoms with van der Waals surface area (Å²) in [4.78, 5) is 0. The zero-order valence-electron chi connectivity index (χ0n) is 7.62. The van der Waals surface area contributed by atoms with Gasteiger partial charge in [-0.2, -0.15) is 13.2 Å². The van der Waals surface area contributed by atoms with Crippen molar-refractivity contribution in [2.75, 3.05) is 5.09 Å². The van der Waals surface area contributed by atoms with E-state index in [1.807, 2.05) is 22.0 Å². The second kappa shape index (κ2) is 5.64. The van der Waals surface area contributed by atoms with Gasteiger partial charge in [0.1, 0.15) is 5.71 Å². The van der Waals surface area contributed by atoms with Crippen molar-refractivity contribution in [3.05, 3.63) is 28.2 Å². The molecule has 0 fully saturated rings. The predicted molar refractivity (Wildman–Crippen MR) is 73.0 cm³/mol. The molecule has 1 aromatic rings.